The van der Waals surface area contributed by atoms with Crippen LogP contribution >= 0.6 is 0 Å². The van der Waals surface area contributed by atoms with Gasteiger partial charge in [-0.1, -0.05) is 0 Å². The maximum Gasteiger partial charge on any atom is 0.307 e. The van der Waals surface area contributed by atoms with Crippen LogP contribution in [-0.4, -0.2) is 51.1 Å². The second kappa shape index (κ2) is 5.46. The van der Waals surface area contributed by atoms with Crippen LogP contribution in [-0.2, 0) is 16.1 Å². The van der Waals surface area contributed by atoms with Gasteiger partial charge in [0.2, 0.25) is 11.8 Å². The van der Waals surface area contributed by atoms with Crippen LogP contribution in [0.25, 0.3) is 0 Å². The molecule has 1 saturated heterocycles. The third-order valence-electron chi connectivity index (χ3n) is 2.74. The number of nitro groups is 1. The summed E-state index contributed by atoms with van der Waals surface area (Å²) in [5, 5.41) is 16.9. The highest BCUT2D eigenvalue weighted by Gasteiger charge is 2.20. The Bertz CT molecular complexity index is 512. The third-order valence-corrected chi connectivity index (χ3v) is 2.74. The normalized spacial score (nSPS) is 15.8. The monoisotopic (exact) mass is 267 g/mol. The molecule has 102 valence electrons. The van der Waals surface area contributed by atoms with Gasteiger partial charge in [0.05, 0.1) is 11.5 Å². The highest BCUT2D eigenvalue weighted by atomic mass is 16.6. The molecule has 1 aliphatic heterocycles. The minimum absolute atomic E-state index is 0.0161. The molecule has 0 atom stereocenters. The van der Waals surface area contributed by atoms with Crippen LogP contribution in [0.3, 0.4) is 0 Å². The fraction of sp³-hybridized carbons (Fsp3) is 0.500. The summed E-state index contributed by atoms with van der Waals surface area (Å²) in [5.74, 6) is -0.479. The first-order valence-electron chi connectivity index (χ1n) is 5.77. The van der Waals surface area contributed by atoms with Crippen molar-refractivity contribution in [3.05, 3.63) is 22.5 Å². The topological polar surface area (TPSA) is 110 Å². The summed E-state index contributed by atoms with van der Waals surface area (Å²) in [6.45, 7) is 0.945. The fourth-order valence-electron chi connectivity index (χ4n) is 1.79. The van der Waals surface area contributed by atoms with Crippen LogP contribution in [0.4, 0.5) is 5.69 Å². The van der Waals surface area contributed by atoms with E-state index in [4.69, 9.17) is 0 Å². The lowest BCUT2D eigenvalue weighted by Crippen LogP contribution is -2.39. The van der Waals surface area contributed by atoms with Crippen LogP contribution in [0.2, 0.25) is 0 Å². The van der Waals surface area contributed by atoms with Gasteiger partial charge in [-0.15, -0.1) is 0 Å². The summed E-state index contributed by atoms with van der Waals surface area (Å²) in [6, 6.07) is 0. The average Bonchev–Trinajstić information content (AvgIpc) is 2.71. The van der Waals surface area contributed by atoms with Crippen molar-refractivity contribution in [2.75, 3.05) is 19.6 Å². The molecule has 1 aromatic heterocycles. The summed E-state index contributed by atoms with van der Waals surface area (Å²) in [5.41, 5.74) is -0.165. The van der Waals surface area contributed by atoms with E-state index in [2.05, 4.69) is 10.4 Å². The summed E-state index contributed by atoms with van der Waals surface area (Å²) < 4.78 is 1.20. The number of amides is 2. The first kappa shape index (κ1) is 13.0. The summed E-state index contributed by atoms with van der Waals surface area (Å²) in [6.07, 6.45) is 2.97. The molecule has 0 saturated carbocycles. The third kappa shape index (κ3) is 3.27. The molecule has 0 aromatic carbocycles. The smallest absolute Gasteiger partial charge is 0.307 e. The van der Waals surface area contributed by atoms with Crippen molar-refractivity contribution in [2.24, 2.45) is 0 Å². The van der Waals surface area contributed by atoms with Gasteiger partial charge in [0.25, 0.3) is 0 Å². The Labute approximate surface area is 108 Å². The van der Waals surface area contributed by atoms with Gasteiger partial charge in [-0.3, -0.25) is 24.4 Å². The second-order valence-electron chi connectivity index (χ2n) is 4.17. The van der Waals surface area contributed by atoms with E-state index in [0.717, 1.165) is 6.20 Å². The zero-order valence-electron chi connectivity index (χ0n) is 10.1. The van der Waals surface area contributed by atoms with Gasteiger partial charge >= 0.3 is 5.69 Å². The zero-order valence-corrected chi connectivity index (χ0v) is 10.1. The molecule has 9 heteroatoms. The van der Waals surface area contributed by atoms with Crippen molar-refractivity contribution in [3.8, 4) is 0 Å². The molecule has 2 heterocycles. The Hall–Kier alpha value is -2.45. The Morgan fingerprint density at radius 2 is 2.37 bits per heavy atom. The Kier molecular flexibility index (Phi) is 3.74. The highest BCUT2D eigenvalue weighted by molar-refractivity contribution is 5.85. The largest absolute Gasteiger partial charge is 0.354 e. The molecule has 0 bridgehead atoms. The number of aromatic nitrogens is 2. The molecule has 19 heavy (non-hydrogen) atoms. The van der Waals surface area contributed by atoms with Crippen molar-refractivity contribution >= 4 is 17.5 Å². The van der Waals surface area contributed by atoms with Crippen molar-refractivity contribution in [2.45, 2.75) is 13.0 Å². The summed E-state index contributed by atoms with van der Waals surface area (Å²) in [4.78, 5) is 34.6. The molecule has 2 rings (SSSR count). The minimum Gasteiger partial charge on any atom is -0.354 e. The number of nitrogens with zero attached hydrogens (tertiary/aromatic N) is 4. The predicted octanol–water partition coefficient (Wildman–Crippen LogP) is -0.860. The van der Waals surface area contributed by atoms with Gasteiger partial charge in [0, 0.05) is 13.1 Å². The van der Waals surface area contributed by atoms with E-state index in [1.54, 1.807) is 0 Å². The van der Waals surface area contributed by atoms with Gasteiger partial charge in [-0.2, -0.15) is 5.10 Å². The van der Waals surface area contributed by atoms with E-state index in [1.165, 1.54) is 15.8 Å². The first-order chi connectivity index (χ1) is 9.06. The van der Waals surface area contributed by atoms with E-state index < -0.39 is 4.92 Å². The van der Waals surface area contributed by atoms with Crippen LogP contribution in [0.1, 0.15) is 6.42 Å². The van der Waals surface area contributed by atoms with Crippen molar-refractivity contribution in [3.63, 3.8) is 0 Å². The van der Waals surface area contributed by atoms with Gasteiger partial charge in [-0.25, -0.2) is 0 Å². The maximum atomic E-state index is 12.0. The number of hydrogen-bond donors (Lipinski definition) is 1. The van der Waals surface area contributed by atoms with Crippen molar-refractivity contribution < 1.29 is 14.5 Å². The van der Waals surface area contributed by atoms with Crippen LogP contribution in [0.15, 0.2) is 12.4 Å². The molecule has 1 fully saturated rings. The summed E-state index contributed by atoms with van der Waals surface area (Å²) >= 11 is 0. The lowest BCUT2D eigenvalue weighted by atomic mass is 10.4. The van der Waals surface area contributed by atoms with Crippen molar-refractivity contribution in [1.82, 2.24) is 20.0 Å². The van der Waals surface area contributed by atoms with Crippen LogP contribution in [0.5, 0.6) is 0 Å². The molecule has 9 nitrogen and oxygen atoms in total. The Balaban J connectivity index is 1.99. The number of nitrogens with one attached hydrogen (secondary N) is 1. The molecule has 1 N–H and O–H groups in total. The maximum absolute atomic E-state index is 12.0. The molecule has 0 spiro atoms. The lowest BCUT2D eigenvalue weighted by molar-refractivity contribution is -0.385. The summed E-state index contributed by atoms with van der Waals surface area (Å²) in [7, 11) is 0. The molecule has 2 amide bonds. The Morgan fingerprint density at radius 3 is 3.05 bits per heavy atom. The Morgan fingerprint density at radius 1 is 1.58 bits per heavy atom. The average molecular weight is 267 g/mol. The highest BCUT2D eigenvalue weighted by Crippen LogP contribution is 2.08. The van der Waals surface area contributed by atoms with E-state index in [-0.39, 0.29) is 30.6 Å². The van der Waals surface area contributed by atoms with Crippen LogP contribution in [0, 0.1) is 10.1 Å². The van der Waals surface area contributed by atoms with Crippen LogP contribution < -0.4 is 5.32 Å². The number of rotatable bonds is 3. The lowest BCUT2D eigenvalue weighted by Gasteiger charge is -2.18. The first-order valence-corrected chi connectivity index (χ1v) is 5.77. The number of carbonyl (C=O) groups excluding carboxylic acids is 2. The second-order valence-corrected chi connectivity index (χ2v) is 4.17. The zero-order chi connectivity index (χ0) is 13.8. The SMILES string of the molecule is O=C1CN(C(=O)Cn2cc([N+](=O)[O-])cn2)CCCN1. The van der Waals surface area contributed by atoms with Crippen molar-refractivity contribution in [1.29, 1.82) is 0 Å². The number of hydrogen-bond acceptors (Lipinski definition) is 5. The molecular formula is C10H13N5O4. The molecular weight excluding hydrogens is 254 g/mol. The fourth-order valence-corrected chi connectivity index (χ4v) is 1.79. The van der Waals surface area contributed by atoms with Gasteiger partial charge in [0.15, 0.2) is 0 Å². The molecule has 0 unspecified atom stereocenters. The van der Waals surface area contributed by atoms with Gasteiger partial charge in [-0.05, 0) is 6.42 Å². The molecule has 1 aromatic rings. The molecule has 1 aliphatic rings. The predicted molar refractivity (Wildman–Crippen MR) is 63.1 cm³/mol. The standard InChI is InChI=1S/C10H13N5O4/c16-9-6-13(3-1-2-11-9)10(17)7-14-5-8(4-12-14)15(18)19/h4-5H,1-3,6-7H2,(H,11,16). The van der Waals surface area contributed by atoms with E-state index in [1.807, 2.05) is 0 Å². The minimum atomic E-state index is -0.576. The molecule has 0 radical (unpaired) electrons. The van der Waals surface area contributed by atoms with E-state index in [0.29, 0.717) is 19.5 Å². The number of carbonyl (C=O) groups is 2. The van der Waals surface area contributed by atoms with E-state index in [9.17, 15) is 19.7 Å². The molecule has 0 aliphatic carbocycles. The quantitative estimate of drug-likeness (QED) is 0.566. The van der Waals surface area contributed by atoms with E-state index >= 15 is 0 Å². The van der Waals surface area contributed by atoms with Gasteiger partial charge in [0.1, 0.15) is 18.9 Å². The van der Waals surface area contributed by atoms with Gasteiger partial charge < -0.3 is 10.2 Å².